The zero-order chi connectivity index (χ0) is 17.1. The number of anilines is 2. The van der Waals surface area contributed by atoms with E-state index in [9.17, 15) is 0 Å². The molecule has 3 nitrogen and oxygen atoms in total. The number of para-hydroxylation sites is 4. The van der Waals surface area contributed by atoms with Crippen molar-refractivity contribution in [2.24, 2.45) is 0 Å². The molecule has 0 aromatic heterocycles. The van der Waals surface area contributed by atoms with Gasteiger partial charge in [0, 0.05) is 0 Å². The van der Waals surface area contributed by atoms with Crippen LogP contribution in [-0.2, 0) is 0 Å². The van der Waals surface area contributed by atoms with Gasteiger partial charge in [-0.2, -0.15) is 0 Å². The van der Waals surface area contributed by atoms with Gasteiger partial charge in [-0.05, 0) is 65.8 Å². The maximum atomic E-state index is 6.04. The van der Waals surface area contributed by atoms with Crippen LogP contribution in [0.15, 0.2) is 48.5 Å². The van der Waals surface area contributed by atoms with Crippen LogP contribution in [0.25, 0.3) is 0 Å². The predicted octanol–water partition coefficient (Wildman–Crippen LogP) is 5.78. The van der Waals surface area contributed by atoms with Gasteiger partial charge in [0.1, 0.15) is 22.7 Å². The van der Waals surface area contributed by atoms with Gasteiger partial charge in [0.05, 0.1) is 11.4 Å². The van der Waals surface area contributed by atoms with Crippen molar-refractivity contribution in [3.63, 3.8) is 0 Å². The normalized spacial score (nSPS) is 11.9. The molecule has 0 heterocycles. The van der Waals surface area contributed by atoms with E-state index in [0.29, 0.717) is 0 Å². The van der Waals surface area contributed by atoms with Gasteiger partial charge in [-0.15, -0.1) is 0 Å². The Bertz CT molecular complexity index is 594. The minimum Gasteiger partial charge on any atom is -0.486 e. The van der Waals surface area contributed by atoms with Gasteiger partial charge >= 0.3 is 0 Å². The molecule has 0 amide bonds. The molecule has 0 radical (unpaired) electrons. The van der Waals surface area contributed by atoms with Crippen LogP contribution in [0.5, 0.6) is 11.5 Å². The Morgan fingerprint density at radius 2 is 0.957 bits per heavy atom. The molecule has 0 aliphatic heterocycles. The molecule has 0 bridgehead atoms. The number of rotatable bonds is 4. The molecule has 2 rings (SSSR count). The van der Waals surface area contributed by atoms with Crippen LogP contribution >= 0.6 is 0 Å². The molecule has 2 aromatic rings. The Kier molecular flexibility index (Phi) is 4.88. The molecule has 0 fully saturated rings. The predicted molar refractivity (Wildman–Crippen MR) is 96.9 cm³/mol. The van der Waals surface area contributed by atoms with Crippen LogP contribution in [0.1, 0.15) is 41.5 Å². The zero-order valence-corrected chi connectivity index (χ0v) is 14.9. The van der Waals surface area contributed by atoms with Crippen molar-refractivity contribution in [1.29, 1.82) is 0 Å². The summed E-state index contributed by atoms with van der Waals surface area (Å²) in [6.45, 7) is 12.3. The van der Waals surface area contributed by atoms with E-state index in [1.54, 1.807) is 0 Å². The van der Waals surface area contributed by atoms with Gasteiger partial charge in [0.2, 0.25) is 0 Å². The molecule has 0 saturated heterocycles. The van der Waals surface area contributed by atoms with Crippen molar-refractivity contribution < 1.29 is 9.47 Å². The van der Waals surface area contributed by atoms with E-state index in [2.05, 4.69) is 5.32 Å². The lowest BCUT2D eigenvalue weighted by Crippen LogP contribution is -2.24. The largest absolute Gasteiger partial charge is 0.486 e. The van der Waals surface area contributed by atoms with Crippen LogP contribution in [0.4, 0.5) is 11.4 Å². The highest BCUT2D eigenvalue weighted by Crippen LogP contribution is 2.35. The summed E-state index contributed by atoms with van der Waals surface area (Å²) in [5.74, 6) is 1.65. The van der Waals surface area contributed by atoms with Gasteiger partial charge in [-0.1, -0.05) is 24.3 Å². The third-order valence-electron chi connectivity index (χ3n) is 2.88. The van der Waals surface area contributed by atoms with E-state index in [4.69, 9.17) is 9.47 Å². The molecule has 2 aromatic carbocycles. The Hall–Kier alpha value is -2.16. The van der Waals surface area contributed by atoms with Crippen molar-refractivity contribution in [3.05, 3.63) is 48.5 Å². The molecule has 0 aliphatic rings. The van der Waals surface area contributed by atoms with Crippen molar-refractivity contribution in [3.8, 4) is 11.5 Å². The van der Waals surface area contributed by atoms with E-state index < -0.39 is 0 Å². The number of nitrogens with one attached hydrogen (secondary N) is 1. The summed E-state index contributed by atoms with van der Waals surface area (Å²) in [4.78, 5) is 0. The SMILES string of the molecule is CC(C)(C)Oc1ccccc1Nc1ccccc1OC(C)(C)C. The van der Waals surface area contributed by atoms with Crippen molar-refractivity contribution in [2.45, 2.75) is 52.7 Å². The smallest absolute Gasteiger partial charge is 0.143 e. The first-order valence-electron chi connectivity index (χ1n) is 7.97. The maximum absolute atomic E-state index is 6.04. The average Bonchev–Trinajstić information content (AvgIpc) is 2.40. The van der Waals surface area contributed by atoms with Crippen LogP contribution < -0.4 is 14.8 Å². The topological polar surface area (TPSA) is 30.5 Å². The molecule has 0 saturated carbocycles. The number of hydrogen-bond donors (Lipinski definition) is 1. The Morgan fingerprint density at radius 1 is 0.609 bits per heavy atom. The third kappa shape index (κ3) is 5.51. The van der Waals surface area contributed by atoms with Gasteiger partial charge in [-0.3, -0.25) is 0 Å². The van der Waals surface area contributed by atoms with Crippen molar-refractivity contribution in [1.82, 2.24) is 0 Å². The van der Waals surface area contributed by atoms with Gasteiger partial charge in [0.15, 0.2) is 0 Å². The lowest BCUT2D eigenvalue weighted by molar-refractivity contribution is 0.131. The fourth-order valence-electron chi connectivity index (χ4n) is 2.12. The van der Waals surface area contributed by atoms with E-state index in [1.165, 1.54) is 0 Å². The highest BCUT2D eigenvalue weighted by molar-refractivity contribution is 5.70. The van der Waals surface area contributed by atoms with E-state index in [0.717, 1.165) is 22.9 Å². The summed E-state index contributed by atoms with van der Waals surface area (Å²) in [6, 6.07) is 15.9. The zero-order valence-electron chi connectivity index (χ0n) is 14.9. The Morgan fingerprint density at radius 3 is 1.30 bits per heavy atom. The van der Waals surface area contributed by atoms with Crippen LogP contribution in [0, 0.1) is 0 Å². The van der Waals surface area contributed by atoms with E-state index in [1.807, 2.05) is 90.1 Å². The Balaban J connectivity index is 2.30. The number of ether oxygens (including phenoxy) is 2. The lowest BCUT2D eigenvalue weighted by Gasteiger charge is -2.25. The summed E-state index contributed by atoms with van der Waals surface area (Å²) in [6.07, 6.45) is 0. The van der Waals surface area contributed by atoms with Gasteiger partial charge in [-0.25, -0.2) is 0 Å². The highest BCUT2D eigenvalue weighted by atomic mass is 16.5. The molecule has 0 atom stereocenters. The quantitative estimate of drug-likeness (QED) is 0.775. The first-order chi connectivity index (χ1) is 10.6. The standard InChI is InChI=1S/C20H27NO2/c1-19(2,3)22-17-13-9-7-11-15(17)21-16-12-8-10-14-18(16)23-20(4,5)6/h7-14,21H,1-6H3. The van der Waals surface area contributed by atoms with Gasteiger partial charge in [0.25, 0.3) is 0 Å². The van der Waals surface area contributed by atoms with Crippen molar-refractivity contribution in [2.75, 3.05) is 5.32 Å². The molecule has 0 aliphatic carbocycles. The molecule has 0 unspecified atom stereocenters. The van der Waals surface area contributed by atoms with Crippen LogP contribution in [0.3, 0.4) is 0 Å². The van der Waals surface area contributed by atoms with E-state index in [-0.39, 0.29) is 11.2 Å². The summed E-state index contributed by atoms with van der Waals surface area (Å²) >= 11 is 0. The summed E-state index contributed by atoms with van der Waals surface area (Å²) < 4.78 is 12.1. The van der Waals surface area contributed by atoms with Crippen LogP contribution in [-0.4, -0.2) is 11.2 Å². The lowest BCUT2D eigenvalue weighted by atomic mass is 10.1. The maximum Gasteiger partial charge on any atom is 0.143 e. The molecular weight excluding hydrogens is 286 g/mol. The number of benzene rings is 2. The minimum atomic E-state index is -0.251. The second kappa shape index (κ2) is 6.53. The average molecular weight is 313 g/mol. The molecule has 3 heteroatoms. The fourth-order valence-corrected chi connectivity index (χ4v) is 2.12. The van der Waals surface area contributed by atoms with Gasteiger partial charge < -0.3 is 14.8 Å². The molecule has 124 valence electrons. The Labute approximate surface area is 139 Å². The molecular formula is C20H27NO2. The molecule has 1 N–H and O–H groups in total. The second-order valence-corrected chi connectivity index (χ2v) is 7.55. The molecule has 23 heavy (non-hydrogen) atoms. The minimum absolute atomic E-state index is 0.251. The number of hydrogen-bond acceptors (Lipinski definition) is 3. The summed E-state index contributed by atoms with van der Waals surface area (Å²) in [5.41, 5.74) is 1.35. The van der Waals surface area contributed by atoms with Crippen molar-refractivity contribution >= 4 is 11.4 Å². The first kappa shape index (κ1) is 17.2. The fraction of sp³-hybridized carbons (Fsp3) is 0.400. The van der Waals surface area contributed by atoms with E-state index >= 15 is 0 Å². The third-order valence-corrected chi connectivity index (χ3v) is 2.88. The summed E-state index contributed by atoms with van der Waals surface area (Å²) in [5, 5.41) is 3.44. The summed E-state index contributed by atoms with van der Waals surface area (Å²) in [7, 11) is 0. The highest BCUT2D eigenvalue weighted by Gasteiger charge is 2.17. The molecule has 0 spiro atoms. The monoisotopic (exact) mass is 313 g/mol. The van der Waals surface area contributed by atoms with Crippen LogP contribution in [0.2, 0.25) is 0 Å². The second-order valence-electron chi connectivity index (χ2n) is 7.55. The first-order valence-corrected chi connectivity index (χ1v) is 7.97.